The number of amides is 1. The SMILES string of the molecule is C[C@@H](CNC(=O)COc1ccc(F)cc1)N1CCN(c2ccccc2)CC1. The number of nitrogens with one attached hydrogen (secondary N) is 1. The third-order valence-corrected chi connectivity index (χ3v) is 4.84. The Bertz CT molecular complexity index is 716. The van der Waals surface area contributed by atoms with Gasteiger partial charge in [-0.1, -0.05) is 18.2 Å². The highest BCUT2D eigenvalue weighted by Gasteiger charge is 2.21. The Morgan fingerprint density at radius 2 is 1.74 bits per heavy atom. The fourth-order valence-corrected chi connectivity index (χ4v) is 3.18. The average Bonchev–Trinajstić information content (AvgIpc) is 2.72. The van der Waals surface area contributed by atoms with Gasteiger partial charge in [0.2, 0.25) is 0 Å². The highest BCUT2D eigenvalue weighted by atomic mass is 19.1. The van der Waals surface area contributed by atoms with E-state index in [1.807, 2.05) is 6.07 Å². The smallest absolute Gasteiger partial charge is 0.257 e. The summed E-state index contributed by atoms with van der Waals surface area (Å²) in [5, 5.41) is 2.91. The molecule has 0 unspecified atom stereocenters. The molecule has 2 aromatic rings. The van der Waals surface area contributed by atoms with E-state index >= 15 is 0 Å². The van der Waals surface area contributed by atoms with E-state index in [9.17, 15) is 9.18 Å². The van der Waals surface area contributed by atoms with E-state index < -0.39 is 0 Å². The van der Waals surface area contributed by atoms with Gasteiger partial charge in [0.25, 0.3) is 5.91 Å². The number of hydrogen-bond acceptors (Lipinski definition) is 4. The van der Waals surface area contributed by atoms with Crippen molar-refractivity contribution < 1.29 is 13.9 Å². The Balaban J connectivity index is 1.36. The number of nitrogens with zero attached hydrogens (tertiary/aromatic N) is 2. The number of halogens is 1. The van der Waals surface area contributed by atoms with Crippen LogP contribution >= 0.6 is 0 Å². The highest BCUT2D eigenvalue weighted by Crippen LogP contribution is 2.16. The van der Waals surface area contributed by atoms with Crippen molar-refractivity contribution in [3.63, 3.8) is 0 Å². The van der Waals surface area contributed by atoms with E-state index in [0.29, 0.717) is 12.3 Å². The fourth-order valence-electron chi connectivity index (χ4n) is 3.18. The molecule has 0 aliphatic carbocycles. The molecule has 0 aromatic heterocycles. The molecule has 1 fully saturated rings. The second-order valence-corrected chi connectivity index (χ2v) is 6.75. The molecule has 0 bridgehead atoms. The Morgan fingerprint density at radius 3 is 2.41 bits per heavy atom. The van der Waals surface area contributed by atoms with Crippen LogP contribution in [0.5, 0.6) is 5.75 Å². The fraction of sp³-hybridized carbons (Fsp3) is 0.381. The van der Waals surface area contributed by atoms with Crippen molar-refractivity contribution in [3.05, 3.63) is 60.4 Å². The number of piperazine rings is 1. The lowest BCUT2D eigenvalue weighted by molar-refractivity contribution is -0.123. The van der Waals surface area contributed by atoms with Gasteiger partial charge in [-0.2, -0.15) is 0 Å². The first-order valence-corrected chi connectivity index (χ1v) is 9.31. The number of hydrogen-bond donors (Lipinski definition) is 1. The molecule has 2 aromatic carbocycles. The number of para-hydroxylation sites is 1. The molecule has 0 spiro atoms. The van der Waals surface area contributed by atoms with Gasteiger partial charge in [0, 0.05) is 44.5 Å². The molecular formula is C21H26FN3O2. The monoisotopic (exact) mass is 371 g/mol. The predicted molar refractivity (Wildman–Crippen MR) is 105 cm³/mol. The van der Waals surface area contributed by atoms with Gasteiger partial charge in [0.1, 0.15) is 11.6 Å². The minimum absolute atomic E-state index is 0.0693. The molecule has 1 N–H and O–H groups in total. The van der Waals surface area contributed by atoms with Crippen LogP contribution < -0.4 is 15.0 Å². The van der Waals surface area contributed by atoms with Crippen molar-refractivity contribution in [2.24, 2.45) is 0 Å². The molecule has 1 aliphatic rings. The summed E-state index contributed by atoms with van der Waals surface area (Å²) in [4.78, 5) is 16.7. The Morgan fingerprint density at radius 1 is 1.07 bits per heavy atom. The summed E-state index contributed by atoms with van der Waals surface area (Å²) in [6, 6.07) is 16.3. The molecular weight excluding hydrogens is 345 g/mol. The van der Waals surface area contributed by atoms with Crippen LogP contribution in [0.4, 0.5) is 10.1 Å². The summed E-state index contributed by atoms with van der Waals surface area (Å²) in [5.74, 6) is -0.0151. The average molecular weight is 371 g/mol. The molecule has 1 aliphatic heterocycles. The zero-order valence-electron chi connectivity index (χ0n) is 15.6. The molecule has 5 nitrogen and oxygen atoms in total. The number of ether oxygens (including phenoxy) is 1. The lowest BCUT2D eigenvalue weighted by Gasteiger charge is -2.39. The van der Waals surface area contributed by atoms with Crippen molar-refractivity contribution in [1.29, 1.82) is 0 Å². The quantitative estimate of drug-likeness (QED) is 0.812. The van der Waals surface area contributed by atoms with E-state index in [0.717, 1.165) is 26.2 Å². The maximum absolute atomic E-state index is 12.9. The molecule has 6 heteroatoms. The van der Waals surface area contributed by atoms with Gasteiger partial charge in [-0.15, -0.1) is 0 Å². The van der Waals surface area contributed by atoms with Crippen LogP contribution in [0.3, 0.4) is 0 Å². The van der Waals surface area contributed by atoms with Gasteiger partial charge in [-0.05, 0) is 43.3 Å². The standard InChI is InChI=1S/C21H26FN3O2/c1-17(15-23-21(26)16-27-20-9-7-18(22)8-10-20)24-11-13-25(14-12-24)19-5-3-2-4-6-19/h2-10,17H,11-16H2,1H3,(H,23,26)/t17-/m0/s1. The topological polar surface area (TPSA) is 44.8 Å². The maximum Gasteiger partial charge on any atom is 0.257 e. The Labute approximate surface area is 159 Å². The molecule has 1 amide bonds. The Hall–Kier alpha value is -2.60. The van der Waals surface area contributed by atoms with Crippen molar-refractivity contribution in [2.75, 3.05) is 44.2 Å². The second-order valence-electron chi connectivity index (χ2n) is 6.75. The van der Waals surface area contributed by atoms with Gasteiger partial charge in [-0.3, -0.25) is 9.69 Å². The van der Waals surface area contributed by atoms with Crippen molar-refractivity contribution >= 4 is 11.6 Å². The summed E-state index contributed by atoms with van der Waals surface area (Å²) in [7, 11) is 0. The van der Waals surface area contributed by atoms with Crippen molar-refractivity contribution in [1.82, 2.24) is 10.2 Å². The summed E-state index contributed by atoms with van der Waals surface area (Å²) in [6.07, 6.45) is 0. The van der Waals surface area contributed by atoms with Gasteiger partial charge < -0.3 is 15.0 Å². The van der Waals surface area contributed by atoms with Gasteiger partial charge in [-0.25, -0.2) is 4.39 Å². The molecule has 1 atom stereocenters. The number of carbonyl (C=O) groups is 1. The van der Waals surface area contributed by atoms with Crippen LogP contribution in [-0.4, -0.2) is 56.2 Å². The normalized spacial score (nSPS) is 16.0. The molecule has 27 heavy (non-hydrogen) atoms. The van der Waals surface area contributed by atoms with E-state index in [4.69, 9.17) is 4.74 Å². The lowest BCUT2D eigenvalue weighted by Crippen LogP contribution is -2.52. The first-order chi connectivity index (χ1) is 13.1. The molecule has 0 radical (unpaired) electrons. The first kappa shape index (κ1) is 19.2. The third kappa shape index (κ3) is 5.69. The van der Waals surface area contributed by atoms with Crippen LogP contribution in [-0.2, 0) is 4.79 Å². The third-order valence-electron chi connectivity index (χ3n) is 4.84. The molecule has 0 saturated carbocycles. The van der Waals surface area contributed by atoms with Gasteiger partial charge in [0.05, 0.1) is 0 Å². The molecule has 1 heterocycles. The van der Waals surface area contributed by atoms with E-state index in [1.165, 1.54) is 30.0 Å². The van der Waals surface area contributed by atoms with Crippen LogP contribution in [0, 0.1) is 5.82 Å². The van der Waals surface area contributed by atoms with Crippen molar-refractivity contribution in [3.8, 4) is 5.75 Å². The summed E-state index contributed by atoms with van der Waals surface area (Å²) >= 11 is 0. The van der Waals surface area contributed by atoms with Gasteiger partial charge >= 0.3 is 0 Å². The number of rotatable bonds is 7. The van der Waals surface area contributed by atoms with E-state index in [1.54, 1.807) is 0 Å². The van der Waals surface area contributed by atoms with E-state index in [2.05, 4.69) is 46.3 Å². The van der Waals surface area contributed by atoms with E-state index in [-0.39, 0.29) is 24.4 Å². The first-order valence-electron chi connectivity index (χ1n) is 9.31. The maximum atomic E-state index is 12.9. The Kier molecular flexibility index (Phi) is 6.65. The molecule has 144 valence electrons. The van der Waals surface area contributed by atoms with Crippen LogP contribution in [0.1, 0.15) is 6.92 Å². The number of benzene rings is 2. The zero-order valence-corrected chi connectivity index (χ0v) is 15.6. The van der Waals surface area contributed by atoms with Gasteiger partial charge in [0.15, 0.2) is 6.61 Å². The largest absolute Gasteiger partial charge is 0.484 e. The molecule has 1 saturated heterocycles. The number of carbonyl (C=O) groups excluding carboxylic acids is 1. The summed E-state index contributed by atoms with van der Waals surface area (Å²) in [6.45, 7) is 6.54. The minimum atomic E-state index is -0.326. The minimum Gasteiger partial charge on any atom is -0.484 e. The molecule has 3 rings (SSSR count). The van der Waals surface area contributed by atoms with Crippen LogP contribution in [0.25, 0.3) is 0 Å². The van der Waals surface area contributed by atoms with Crippen LogP contribution in [0.15, 0.2) is 54.6 Å². The summed E-state index contributed by atoms with van der Waals surface area (Å²) in [5.41, 5.74) is 1.26. The van der Waals surface area contributed by atoms with Crippen molar-refractivity contribution in [2.45, 2.75) is 13.0 Å². The number of anilines is 1. The predicted octanol–water partition coefficient (Wildman–Crippen LogP) is 2.53. The zero-order chi connectivity index (χ0) is 19.1. The second kappa shape index (κ2) is 9.37. The lowest BCUT2D eigenvalue weighted by atomic mass is 10.2. The van der Waals surface area contributed by atoms with Crippen LogP contribution in [0.2, 0.25) is 0 Å². The summed E-state index contributed by atoms with van der Waals surface area (Å²) < 4.78 is 18.2. The highest BCUT2D eigenvalue weighted by molar-refractivity contribution is 5.77.